The number of carbonyl (C=O) groups is 2. The monoisotopic (exact) mass is 482 g/mol. The molecule has 1 aliphatic carbocycles. The van der Waals surface area contributed by atoms with Crippen LogP contribution in [0, 0.1) is 5.92 Å². The zero-order valence-electron chi connectivity index (χ0n) is 20.3. The van der Waals surface area contributed by atoms with Gasteiger partial charge in [-0.3, -0.25) is 14.6 Å². The summed E-state index contributed by atoms with van der Waals surface area (Å²) in [4.78, 5) is 47.3. The molecule has 0 unspecified atom stereocenters. The van der Waals surface area contributed by atoms with Crippen molar-refractivity contribution >= 4 is 40.1 Å². The molecule has 3 N–H and O–H groups in total. The van der Waals surface area contributed by atoms with Gasteiger partial charge in [0.2, 0.25) is 5.91 Å². The minimum atomic E-state index is -0.149. The molecule has 4 aromatic heterocycles. The summed E-state index contributed by atoms with van der Waals surface area (Å²) in [6.07, 6.45) is 8.52. The number of H-pyrrole nitrogens is 1. The Morgan fingerprint density at radius 3 is 2.58 bits per heavy atom. The first-order chi connectivity index (χ1) is 17.4. The first kappa shape index (κ1) is 23.2. The lowest BCUT2D eigenvalue weighted by molar-refractivity contribution is -0.117. The second-order valence-electron chi connectivity index (χ2n) is 8.92. The van der Waals surface area contributed by atoms with Crippen molar-refractivity contribution in [3.8, 4) is 11.1 Å². The van der Waals surface area contributed by atoms with E-state index < -0.39 is 0 Å². The van der Waals surface area contributed by atoms with Gasteiger partial charge in [-0.1, -0.05) is 6.58 Å². The molecular formula is C26H26N8O2. The summed E-state index contributed by atoms with van der Waals surface area (Å²) in [5, 5.41) is 6.03. The maximum Gasteiger partial charge on any atom is 0.255 e. The van der Waals surface area contributed by atoms with Gasteiger partial charge in [0.05, 0.1) is 23.0 Å². The Labute approximate surface area is 207 Å². The van der Waals surface area contributed by atoms with Crippen molar-refractivity contribution in [2.75, 3.05) is 31.8 Å². The normalized spacial score (nSPS) is 12.9. The van der Waals surface area contributed by atoms with E-state index in [1.807, 2.05) is 12.1 Å². The van der Waals surface area contributed by atoms with E-state index in [1.54, 1.807) is 52.0 Å². The first-order valence-corrected chi connectivity index (χ1v) is 11.6. The molecule has 10 nitrogen and oxygen atoms in total. The highest BCUT2D eigenvalue weighted by atomic mass is 16.2. The Morgan fingerprint density at radius 1 is 1.08 bits per heavy atom. The van der Waals surface area contributed by atoms with Crippen molar-refractivity contribution in [3.05, 3.63) is 66.5 Å². The third-order valence-corrected chi connectivity index (χ3v) is 6.05. The third-order valence-electron chi connectivity index (χ3n) is 6.05. The Balaban J connectivity index is 1.50. The molecule has 1 aliphatic rings. The zero-order chi connectivity index (χ0) is 25.4. The Morgan fingerprint density at radius 2 is 1.86 bits per heavy atom. The number of rotatable bonds is 7. The SMILES string of the molecule is C=C(c1nc2nccc(C(=O)N(C)C)c2[nH]1)c1cc(-c2cncc(NC(=O)C3CC3)c2)cnc1NC. The lowest BCUT2D eigenvalue weighted by Gasteiger charge is -2.12. The van der Waals surface area contributed by atoms with Crippen LogP contribution in [0.15, 0.2) is 49.6 Å². The summed E-state index contributed by atoms with van der Waals surface area (Å²) in [6, 6.07) is 5.48. The van der Waals surface area contributed by atoms with Gasteiger partial charge in [-0.2, -0.15) is 0 Å². The highest BCUT2D eigenvalue weighted by Crippen LogP contribution is 2.33. The number of nitrogens with zero attached hydrogens (tertiary/aromatic N) is 5. The second-order valence-corrected chi connectivity index (χ2v) is 8.92. The summed E-state index contributed by atoms with van der Waals surface area (Å²) < 4.78 is 0. The number of aromatic amines is 1. The Bertz CT molecular complexity index is 1500. The van der Waals surface area contributed by atoms with Crippen molar-refractivity contribution in [2.24, 2.45) is 5.92 Å². The Hall–Kier alpha value is -4.60. The molecule has 0 spiro atoms. The van der Waals surface area contributed by atoms with E-state index in [9.17, 15) is 9.59 Å². The average Bonchev–Trinajstić information content (AvgIpc) is 3.65. The van der Waals surface area contributed by atoms with Gasteiger partial charge in [0.15, 0.2) is 5.65 Å². The zero-order valence-corrected chi connectivity index (χ0v) is 20.3. The van der Waals surface area contributed by atoms with E-state index in [0.717, 1.165) is 29.5 Å². The van der Waals surface area contributed by atoms with Crippen molar-refractivity contribution in [1.82, 2.24) is 29.8 Å². The van der Waals surface area contributed by atoms with Crippen molar-refractivity contribution in [3.63, 3.8) is 0 Å². The number of carbonyl (C=O) groups excluding carboxylic acids is 2. The van der Waals surface area contributed by atoms with Crippen LogP contribution in [-0.2, 0) is 4.79 Å². The number of hydrogen-bond donors (Lipinski definition) is 3. The van der Waals surface area contributed by atoms with Gasteiger partial charge in [0.1, 0.15) is 11.6 Å². The number of anilines is 2. The van der Waals surface area contributed by atoms with Gasteiger partial charge < -0.3 is 20.5 Å². The predicted octanol–water partition coefficient (Wildman–Crippen LogP) is 3.57. The topological polar surface area (TPSA) is 129 Å². The second kappa shape index (κ2) is 9.21. The molecule has 0 radical (unpaired) electrons. The van der Waals surface area contributed by atoms with Crippen molar-refractivity contribution < 1.29 is 9.59 Å². The van der Waals surface area contributed by atoms with E-state index in [-0.39, 0.29) is 17.7 Å². The molecule has 0 saturated heterocycles. The molecule has 10 heteroatoms. The van der Waals surface area contributed by atoms with Crippen LogP contribution < -0.4 is 10.6 Å². The molecule has 36 heavy (non-hydrogen) atoms. The van der Waals surface area contributed by atoms with Gasteiger partial charge >= 0.3 is 0 Å². The number of fused-ring (bicyclic) bond motifs is 1. The maximum absolute atomic E-state index is 12.6. The van der Waals surface area contributed by atoms with Crippen LogP contribution in [0.3, 0.4) is 0 Å². The molecule has 0 aliphatic heterocycles. The summed E-state index contributed by atoms with van der Waals surface area (Å²) in [5.41, 5.74) is 5.01. The van der Waals surface area contributed by atoms with E-state index in [0.29, 0.717) is 39.6 Å². The van der Waals surface area contributed by atoms with Gasteiger partial charge in [-0.25, -0.2) is 15.0 Å². The van der Waals surface area contributed by atoms with Crippen LogP contribution in [0.1, 0.15) is 34.6 Å². The fraction of sp³-hybridized carbons (Fsp3) is 0.231. The molecule has 0 bridgehead atoms. The number of pyridine rings is 3. The smallest absolute Gasteiger partial charge is 0.255 e. The number of amides is 2. The summed E-state index contributed by atoms with van der Waals surface area (Å²) >= 11 is 0. The number of nitrogens with one attached hydrogen (secondary N) is 3. The van der Waals surface area contributed by atoms with E-state index in [4.69, 9.17) is 0 Å². The fourth-order valence-electron chi connectivity index (χ4n) is 3.91. The highest BCUT2D eigenvalue weighted by molar-refractivity contribution is 6.04. The molecule has 4 heterocycles. The standard InChI is InChI=1S/C26H26N8O2/c1-14(22-32-21-19(26(36)34(3)4)7-8-29-24(21)33-22)20-10-17(12-30-23(20)27-2)16-9-18(13-28-11-16)31-25(35)15-5-6-15/h7-13,15H,1,5-6H2,2-4H3,(H,27,30)(H,31,35)(H,29,32,33). The van der Waals surface area contributed by atoms with Gasteiger partial charge in [0, 0.05) is 67.9 Å². The van der Waals surface area contributed by atoms with Gasteiger partial charge in [0.25, 0.3) is 5.91 Å². The van der Waals surface area contributed by atoms with Crippen LogP contribution in [0.4, 0.5) is 11.5 Å². The fourth-order valence-corrected chi connectivity index (χ4v) is 3.91. The predicted molar refractivity (Wildman–Crippen MR) is 138 cm³/mol. The number of imidazole rings is 1. The quantitative estimate of drug-likeness (QED) is 0.367. The minimum absolute atomic E-state index is 0.0253. The first-order valence-electron chi connectivity index (χ1n) is 11.6. The molecule has 1 saturated carbocycles. The average molecular weight is 483 g/mol. The molecule has 1 fully saturated rings. The van der Waals surface area contributed by atoms with Gasteiger partial charge in [-0.15, -0.1) is 0 Å². The van der Waals surface area contributed by atoms with E-state index in [1.165, 1.54) is 4.90 Å². The summed E-state index contributed by atoms with van der Waals surface area (Å²) in [5.74, 6) is 1.08. The lowest BCUT2D eigenvalue weighted by Crippen LogP contribution is -2.22. The largest absolute Gasteiger partial charge is 0.373 e. The maximum atomic E-state index is 12.6. The molecule has 4 aromatic rings. The van der Waals surface area contributed by atoms with Crippen molar-refractivity contribution in [2.45, 2.75) is 12.8 Å². The molecule has 0 aromatic carbocycles. The summed E-state index contributed by atoms with van der Waals surface area (Å²) in [7, 11) is 5.17. The van der Waals surface area contributed by atoms with Crippen LogP contribution >= 0.6 is 0 Å². The molecule has 2 amide bonds. The minimum Gasteiger partial charge on any atom is -0.373 e. The Kier molecular flexibility index (Phi) is 5.93. The van der Waals surface area contributed by atoms with Gasteiger partial charge in [-0.05, 0) is 31.0 Å². The highest BCUT2D eigenvalue weighted by Gasteiger charge is 2.29. The van der Waals surface area contributed by atoms with Crippen LogP contribution in [-0.4, -0.2) is 62.8 Å². The number of hydrogen-bond acceptors (Lipinski definition) is 7. The third kappa shape index (κ3) is 4.40. The van der Waals surface area contributed by atoms with E-state index >= 15 is 0 Å². The molecule has 182 valence electrons. The van der Waals surface area contributed by atoms with Crippen LogP contribution in [0.5, 0.6) is 0 Å². The lowest BCUT2D eigenvalue weighted by atomic mass is 10.0. The number of aromatic nitrogens is 5. The molecular weight excluding hydrogens is 456 g/mol. The molecule has 0 atom stereocenters. The van der Waals surface area contributed by atoms with E-state index in [2.05, 4.69) is 42.1 Å². The van der Waals surface area contributed by atoms with Crippen LogP contribution in [0.25, 0.3) is 27.9 Å². The molecule has 5 rings (SSSR count). The summed E-state index contributed by atoms with van der Waals surface area (Å²) in [6.45, 7) is 4.26. The van der Waals surface area contributed by atoms with Crippen molar-refractivity contribution in [1.29, 1.82) is 0 Å². The van der Waals surface area contributed by atoms with Crippen LogP contribution in [0.2, 0.25) is 0 Å².